The summed E-state index contributed by atoms with van der Waals surface area (Å²) < 4.78 is 22.5. The van der Waals surface area contributed by atoms with Crippen molar-refractivity contribution in [2.75, 3.05) is 0 Å². The lowest BCUT2D eigenvalue weighted by molar-refractivity contribution is -0.0450. The number of halogens is 2. The number of fused-ring (bicyclic) bond motifs is 1. The average Bonchev–Trinajstić information content (AvgIpc) is 2.92. The molecule has 108 valence electrons. The predicted octanol–water partition coefficient (Wildman–Crippen LogP) is 3.15. The fourth-order valence-electron chi connectivity index (χ4n) is 2.79. The summed E-state index contributed by atoms with van der Waals surface area (Å²) in [5, 5.41) is 0.257. The third-order valence-electron chi connectivity index (χ3n) is 4.20. The number of aromatic nitrogens is 4. The summed E-state index contributed by atoms with van der Waals surface area (Å²) in [7, 11) is 0. The maximum absolute atomic E-state index is 15.0. The van der Waals surface area contributed by atoms with Gasteiger partial charge in [-0.2, -0.15) is 0 Å². The van der Waals surface area contributed by atoms with Gasteiger partial charge in [-0.25, -0.2) is 19.3 Å². The summed E-state index contributed by atoms with van der Waals surface area (Å²) in [4.78, 5) is 12.2. The van der Waals surface area contributed by atoms with Gasteiger partial charge in [-0.1, -0.05) is 25.4 Å². The van der Waals surface area contributed by atoms with E-state index in [0.29, 0.717) is 11.2 Å². The molecular formula is C13H16ClFN4O. The van der Waals surface area contributed by atoms with Crippen LogP contribution < -0.4 is 0 Å². The van der Waals surface area contributed by atoms with Crippen LogP contribution >= 0.6 is 11.6 Å². The molecule has 1 fully saturated rings. The van der Waals surface area contributed by atoms with E-state index in [4.69, 9.17) is 16.3 Å². The van der Waals surface area contributed by atoms with Crippen molar-refractivity contribution in [1.29, 1.82) is 0 Å². The fraction of sp³-hybridized carbons (Fsp3) is 0.615. The maximum atomic E-state index is 15.0. The topological polar surface area (TPSA) is 52.8 Å². The van der Waals surface area contributed by atoms with E-state index < -0.39 is 11.9 Å². The third-order valence-corrected chi connectivity index (χ3v) is 4.48. The number of alkyl halides is 1. The number of rotatable bonds is 2. The highest BCUT2D eigenvalue weighted by atomic mass is 35.5. The molecule has 0 radical (unpaired) electrons. The second-order valence-corrected chi connectivity index (χ2v) is 5.72. The first kappa shape index (κ1) is 13.7. The Kier molecular flexibility index (Phi) is 3.17. The molecule has 0 aromatic carbocycles. The van der Waals surface area contributed by atoms with Crippen LogP contribution in [0.5, 0.6) is 0 Å². The molecule has 3 rings (SSSR count). The lowest BCUT2D eigenvalue weighted by Crippen LogP contribution is -2.33. The van der Waals surface area contributed by atoms with Crippen LogP contribution in [0.1, 0.15) is 33.4 Å². The van der Waals surface area contributed by atoms with E-state index in [1.807, 2.05) is 13.8 Å². The van der Waals surface area contributed by atoms with Gasteiger partial charge in [0.15, 0.2) is 22.7 Å². The van der Waals surface area contributed by atoms with E-state index in [1.54, 1.807) is 11.5 Å². The summed E-state index contributed by atoms with van der Waals surface area (Å²) >= 11 is 5.97. The summed E-state index contributed by atoms with van der Waals surface area (Å²) in [6, 6.07) is 0. The van der Waals surface area contributed by atoms with E-state index in [9.17, 15) is 0 Å². The highest BCUT2D eigenvalue weighted by Crippen LogP contribution is 2.46. The number of hydrogen-bond donors (Lipinski definition) is 0. The molecule has 1 saturated heterocycles. The minimum absolute atomic E-state index is 0.121. The number of nitrogens with zero attached hydrogens (tertiary/aromatic N) is 4. The third kappa shape index (κ3) is 1.82. The van der Waals surface area contributed by atoms with Crippen molar-refractivity contribution < 1.29 is 9.13 Å². The quantitative estimate of drug-likeness (QED) is 0.799. The standard InChI is InChI=1S/C13H16ClFN4O/c1-4-8-7(2)13(3,15)12(20-8)19-6-18-9-10(14)16-5-17-11(9)19/h5-8,12H,4H2,1-3H3/t7-,8-,12?,13-/m1/s1. The van der Waals surface area contributed by atoms with Gasteiger partial charge in [0.1, 0.15) is 11.8 Å². The van der Waals surface area contributed by atoms with Crippen LogP contribution in [0.3, 0.4) is 0 Å². The zero-order valence-electron chi connectivity index (χ0n) is 11.5. The molecule has 2 aromatic heterocycles. The Morgan fingerprint density at radius 3 is 2.85 bits per heavy atom. The fourth-order valence-corrected chi connectivity index (χ4v) is 2.96. The Labute approximate surface area is 121 Å². The average molecular weight is 299 g/mol. The van der Waals surface area contributed by atoms with Crippen molar-refractivity contribution in [3.63, 3.8) is 0 Å². The molecule has 4 atom stereocenters. The van der Waals surface area contributed by atoms with Gasteiger partial charge in [-0.05, 0) is 13.3 Å². The van der Waals surface area contributed by atoms with Crippen LogP contribution in [0.25, 0.3) is 11.2 Å². The van der Waals surface area contributed by atoms with E-state index in [2.05, 4.69) is 15.0 Å². The monoisotopic (exact) mass is 298 g/mol. The molecule has 1 aliphatic rings. The normalized spacial score (nSPS) is 34.0. The van der Waals surface area contributed by atoms with E-state index in [0.717, 1.165) is 6.42 Å². The molecule has 0 bridgehead atoms. The number of imidazole rings is 1. The lowest BCUT2D eigenvalue weighted by Gasteiger charge is -2.25. The van der Waals surface area contributed by atoms with Crippen molar-refractivity contribution in [1.82, 2.24) is 19.5 Å². The molecule has 0 aliphatic carbocycles. The van der Waals surface area contributed by atoms with Gasteiger partial charge in [0.25, 0.3) is 0 Å². The van der Waals surface area contributed by atoms with E-state index in [-0.39, 0.29) is 17.2 Å². The molecule has 1 unspecified atom stereocenters. The lowest BCUT2D eigenvalue weighted by atomic mass is 9.88. The van der Waals surface area contributed by atoms with Crippen LogP contribution in [-0.4, -0.2) is 31.3 Å². The number of hydrogen-bond acceptors (Lipinski definition) is 4. The first-order valence-corrected chi connectivity index (χ1v) is 7.02. The smallest absolute Gasteiger partial charge is 0.171 e. The van der Waals surface area contributed by atoms with Gasteiger partial charge in [-0.3, -0.25) is 4.57 Å². The van der Waals surface area contributed by atoms with Gasteiger partial charge < -0.3 is 4.74 Å². The van der Waals surface area contributed by atoms with Gasteiger partial charge >= 0.3 is 0 Å². The Bertz CT molecular complexity index is 644. The molecule has 3 heterocycles. The summed E-state index contributed by atoms with van der Waals surface area (Å²) in [6.07, 6.45) is 2.75. The molecular weight excluding hydrogens is 283 g/mol. The predicted molar refractivity (Wildman–Crippen MR) is 73.2 cm³/mol. The van der Waals surface area contributed by atoms with Crippen molar-refractivity contribution in [3.8, 4) is 0 Å². The van der Waals surface area contributed by atoms with Gasteiger partial charge in [0.05, 0.1) is 12.4 Å². The van der Waals surface area contributed by atoms with Crippen LogP contribution in [0.15, 0.2) is 12.7 Å². The Balaban J connectivity index is 2.10. The Hall–Kier alpha value is -1.27. The molecule has 1 aliphatic heterocycles. The summed E-state index contributed by atoms with van der Waals surface area (Å²) in [5.74, 6) is -0.202. The van der Waals surface area contributed by atoms with Crippen LogP contribution in [0.4, 0.5) is 4.39 Å². The SMILES string of the molecule is CC[C@H]1OC(n2cnc3c(Cl)ncnc32)[C@](C)(F)[C@@H]1C. The van der Waals surface area contributed by atoms with Crippen molar-refractivity contribution in [3.05, 3.63) is 17.8 Å². The molecule has 0 saturated carbocycles. The highest BCUT2D eigenvalue weighted by molar-refractivity contribution is 6.33. The Morgan fingerprint density at radius 2 is 2.20 bits per heavy atom. The molecule has 0 N–H and O–H groups in total. The highest BCUT2D eigenvalue weighted by Gasteiger charge is 2.52. The van der Waals surface area contributed by atoms with Crippen molar-refractivity contribution in [2.45, 2.75) is 45.2 Å². The molecule has 7 heteroatoms. The molecule has 20 heavy (non-hydrogen) atoms. The van der Waals surface area contributed by atoms with Gasteiger partial charge in [-0.15, -0.1) is 0 Å². The molecule has 2 aromatic rings. The second-order valence-electron chi connectivity index (χ2n) is 5.36. The van der Waals surface area contributed by atoms with Crippen molar-refractivity contribution in [2.24, 2.45) is 5.92 Å². The summed E-state index contributed by atoms with van der Waals surface area (Å²) in [5.41, 5.74) is -0.546. The first-order chi connectivity index (χ1) is 9.46. The minimum atomic E-state index is -1.49. The molecule has 0 spiro atoms. The molecule has 5 nitrogen and oxygen atoms in total. The summed E-state index contributed by atoms with van der Waals surface area (Å²) in [6.45, 7) is 5.42. The zero-order chi connectivity index (χ0) is 14.5. The van der Waals surface area contributed by atoms with Crippen LogP contribution in [0, 0.1) is 5.92 Å². The van der Waals surface area contributed by atoms with Crippen LogP contribution in [0.2, 0.25) is 5.15 Å². The largest absolute Gasteiger partial charge is 0.351 e. The van der Waals surface area contributed by atoms with E-state index in [1.165, 1.54) is 12.7 Å². The van der Waals surface area contributed by atoms with Gasteiger partial charge in [0, 0.05) is 5.92 Å². The van der Waals surface area contributed by atoms with Crippen molar-refractivity contribution >= 4 is 22.8 Å². The van der Waals surface area contributed by atoms with Gasteiger partial charge in [0.2, 0.25) is 0 Å². The Morgan fingerprint density at radius 1 is 1.45 bits per heavy atom. The second kappa shape index (κ2) is 4.63. The first-order valence-electron chi connectivity index (χ1n) is 6.64. The zero-order valence-corrected chi connectivity index (χ0v) is 12.3. The maximum Gasteiger partial charge on any atom is 0.171 e. The number of ether oxygens (including phenoxy) is 1. The minimum Gasteiger partial charge on any atom is -0.351 e. The van der Waals surface area contributed by atoms with E-state index >= 15 is 4.39 Å². The molecule has 0 amide bonds. The van der Waals surface area contributed by atoms with Crippen LogP contribution in [-0.2, 0) is 4.74 Å².